The molecule has 0 saturated carbocycles. The number of aromatic nitrogens is 2. The first-order valence-corrected chi connectivity index (χ1v) is 10.2. The summed E-state index contributed by atoms with van der Waals surface area (Å²) < 4.78 is 8.04. The Balaban J connectivity index is 1.36. The van der Waals surface area contributed by atoms with Crippen LogP contribution in [0.15, 0.2) is 77.6 Å². The lowest BCUT2D eigenvalue weighted by atomic mass is 10.1. The molecular weight excluding hydrogens is 372 g/mol. The number of nitrogens with zero attached hydrogens (tertiary/aromatic N) is 2. The van der Waals surface area contributed by atoms with Gasteiger partial charge in [0.15, 0.2) is 0 Å². The summed E-state index contributed by atoms with van der Waals surface area (Å²) in [5.74, 6) is 1.61. The molecule has 0 N–H and O–H groups in total. The third-order valence-electron chi connectivity index (χ3n) is 5.53. The summed E-state index contributed by atoms with van der Waals surface area (Å²) in [7, 11) is 0. The Morgan fingerprint density at radius 3 is 2.57 bits per heavy atom. The molecule has 2 heterocycles. The molecule has 30 heavy (non-hydrogen) atoms. The minimum Gasteiger partial charge on any atom is -0.489 e. The molecule has 4 nitrogen and oxygen atoms in total. The lowest BCUT2D eigenvalue weighted by molar-refractivity contribution is 0.306. The zero-order valence-corrected chi connectivity index (χ0v) is 16.8. The fourth-order valence-corrected chi connectivity index (χ4v) is 3.89. The molecule has 5 rings (SSSR count). The van der Waals surface area contributed by atoms with Gasteiger partial charge in [-0.1, -0.05) is 54.1 Å². The van der Waals surface area contributed by atoms with Crippen LogP contribution >= 0.6 is 0 Å². The van der Waals surface area contributed by atoms with Crippen LogP contribution in [0.1, 0.15) is 28.9 Å². The van der Waals surface area contributed by atoms with Gasteiger partial charge in [0, 0.05) is 6.54 Å². The van der Waals surface area contributed by atoms with Crippen LogP contribution in [0.3, 0.4) is 0 Å². The number of allylic oxidation sites excluding steroid dienone is 1. The number of hydrogen-bond acceptors (Lipinski definition) is 3. The molecule has 0 atom stereocenters. The Bertz CT molecular complexity index is 1300. The van der Waals surface area contributed by atoms with Gasteiger partial charge in [0.05, 0.1) is 10.9 Å². The van der Waals surface area contributed by atoms with Crippen LogP contribution in [-0.2, 0) is 13.2 Å². The Labute approximate surface area is 175 Å². The van der Waals surface area contributed by atoms with Gasteiger partial charge in [0.2, 0.25) is 0 Å². The highest BCUT2D eigenvalue weighted by atomic mass is 16.5. The second-order valence-corrected chi connectivity index (χ2v) is 7.67. The number of aryl methyl sites for hydroxylation is 2. The highest BCUT2D eigenvalue weighted by Gasteiger charge is 2.20. The van der Waals surface area contributed by atoms with Crippen molar-refractivity contribution in [1.82, 2.24) is 9.55 Å². The fraction of sp³-hybridized carbons (Fsp3) is 0.154. The number of benzene rings is 3. The smallest absolute Gasteiger partial charge is 0.281 e. The SMILES string of the molecule is Cc1ccc(COc2ccc(/C=C3\CCn4c3nc(=O)c3ccccc34)cc2)cc1. The Morgan fingerprint density at radius 2 is 1.77 bits per heavy atom. The molecule has 1 aliphatic rings. The molecule has 0 aliphatic carbocycles. The van der Waals surface area contributed by atoms with Crippen molar-refractivity contribution in [2.75, 3.05) is 0 Å². The number of para-hydroxylation sites is 1. The molecule has 0 unspecified atom stereocenters. The van der Waals surface area contributed by atoms with E-state index in [0.717, 1.165) is 46.8 Å². The zero-order chi connectivity index (χ0) is 20.5. The van der Waals surface area contributed by atoms with E-state index < -0.39 is 0 Å². The minimum atomic E-state index is -0.162. The molecule has 0 spiro atoms. The predicted molar refractivity (Wildman–Crippen MR) is 120 cm³/mol. The number of fused-ring (bicyclic) bond motifs is 3. The van der Waals surface area contributed by atoms with Crippen LogP contribution in [-0.4, -0.2) is 9.55 Å². The predicted octanol–water partition coefficient (Wildman–Crippen LogP) is 5.23. The second kappa shape index (κ2) is 7.64. The quantitative estimate of drug-likeness (QED) is 0.476. The molecule has 4 heteroatoms. The monoisotopic (exact) mass is 394 g/mol. The van der Waals surface area contributed by atoms with Gasteiger partial charge in [0.25, 0.3) is 5.56 Å². The number of hydrogen-bond donors (Lipinski definition) is 0. The first-order valence-electron chi connectivity index (χ1n) is 10.2. The normalized spacial score (nSPS) is 14.2. The Morgan fingerprint density at radius 1 is 1.00 bits per heavy atom. The standard InChI is InChI=1S/C26H22N2O2/c1-18-6-8-20(9-7-18)17-30-22-12-10-19(11-13-22)16-21-14-15-28-24-5-3-2-4-23(24)26(29)27-25(21)28/h2-13,16H,14-15,17H2,1H3/b21-16+. The molecule has 0 radical (unpaired) electrons. The van der Waals surface area contributed by atoms with Crippen molar-refractivity contribution >= 4 is 22.6 Å². The average molecular weight is 394 g/mol. The molecule has 148 valence electrons. The van der Waals surface area contributed by atoms with E-state index in [1.807, 2.05) is 48.5 Å². The summed E-state index contributed by atoms with van der Waals surface area (Å²) in [6, 6.07) is 24.1. The van der Waals surface area contributed by atoms with Crippen molar-refractivity contribution in [3.05, 3.63) is 106 Å². The molecule has 0 bridgehead atoms. The first kappa shape index (κ1) is 18.4. The van der Waals surface area contributed by atoms with E-state index in [-0.39, 0.29) is 5.56 Å². The maximum absolute atomic E-state index is 12.4. The van der Waals surface area contributed by atoms with Crippen molar-refractivity contribution in [2.45, 2.75) is 26.5 Å². The molecule has 1 aromatic heterocycles. The molecule has 1 aliphatic heterocycles. The molecule has 4 aromatic rings. The van der Waals surface area contributed by atoms with E-state index in [1.54, 1.807) is 0 Å². The third-order valence-corrected chi connectivity index (χ3v) is 5.53. The highest BCUT2D eigenvalue weighted by Crippen LogP contribution is 2.29. The third kappa shape index (κ3) is 3.52. The van der Waals surface area contributed by atoms with Gasteiger partial charge in [0.1, 0.15) is 18.2 Å². The van der Waals surface area contributed by atoms with Crippen molar-refractivity contribution in [2.24, 2.45) is 0 Å². The van der Waals surface area contributed by atoms with Crippen LogP contribution in [0, 0.1) is 6.92 Å². The van der Waals surface area contributed by atoms with E-state index >= 15 is 0 Å². The molecular formula is C26H22N2O2. The fourth-order valence-electron chi connectivity index (χ4n) is 3.89. The van der Waals surface area contributed by atoms with Crippen molar-refractivity contribution in [1.29, 1.82) is 0 Å². The Hall–Kier alpha value is -3.66. The average Bonchev–Trinajstić information content (AvgIpc) is 3.17. The molecule has 3 aromatic carbocycles. The molecule has 0 amide bonds. The summed E-state index contributed by atoms with van der Waals surface area (Å²) in [6.45, 7) is 3.47. The largest absolute Gasteiger partial charge is 0.489 e. The van der Waals surface area contributed by atoms with Crippen LogP contribution in [0.25, 0.3) is 22.6 Å². The summed E-state index contributed by atoms with van der Waals surface area (Å²) in [5.41, 5.74) is 5.35. The van der Waals surface area contributed by atoms with Crippen LogP contribution < -0.4 is 10.3 Å². The summed E-state index contributed by atoms with van der Waals surface area (Å²) in [5, 5.41) is 0.678. The van der Waals surface area contributed by atoms with Gasteiger partial charge in [-0.05, 0) is 60.4 Å². The number of ether oxygens (including phenoxy) is 1. The van der Waals surface area contributed by atoms with Gasteiger partial charge < -0.3 is 9.30 Å². The van der Waals surface area contributed by atoms with Crippen LogP contribution in [0.4, 0.5) is 0 Å². The first-order chi connectivity index (χ1) is 14.7. The van der Waals surface area contributed by atoms with Crippen LogP contribution in [0.5, 0.6) is 5.75 Å². The maximum atomic E-state index is 12.4. The summed E-state index contributed by atoms with van der Waals surface area (Å²) >= 11 is 0. The summed E-state index contributed by atoms with van der Waals surface area (Å²) in [4.78, 5) is 16.8. The minimum absolute atomic E-state index is 0.162. The lowest BCUT2D eigenvalue weighted by Crippen LogP contribution is -2.14. The van der Waals surface area contributed by atoms with Gasteiger partial charge in [-0.3, -0.25) is 4.79 Å². The molecule has 0 saturated heterocycles. The number of rotatable bonds is 4. The summed E-state index contributed by atoms with van der Waals surface area (Å²) in [6.07, 6.45) is 2.98. The van der Waals surface area contributed by atoms with E-state index in [4.69, 9.17) is 4.74 Å². The zero-order valence-electron chi connectivity index (χ0n) is 16.8. The maximum Gasteiger partial charge on any atom is 0.281 e. The highest BCUT2D eigenvalue weighted by molar-refractivity contribution is 5.85. The van der Waals surface area contributed by atoms with Crippen molar-refractivity contribution in [3.63, 3.8) is 0 Å². The van der Waals surface area contributed by atoms with E-state index in [2.05, 4.69) is 46.8 Å². The van der Waals surface area contributed by atoms with Crippen molar-refractivity contribution in [3.8, 4) is 5.75 Å². The topological polar surface area (TPSA) is 44.1 Å². The Kier molecular flexibility index (Phi) is 4.68. The van der Waals surface area contributed by atoms with Gasteiger partial charge in [-0.15, -0.1) is 0 Å². The van der Waals surface area contributed by atoms with E-state index in [9.17, 15) is 4.79 Å². The van der Waals surface area contributed by atoms with Crippen molar-refractivity contribution < 1.29 is 4.74 Å². The molecule has 0 fully saturated rings. The van der Waals surface area contributed by atoms with Gasteiger partial charge in [-0.2, -0.15) is 4.98 Å². The lowest BCUT2D eigenvalue weighted by Gasteiger charge is -2.08. The van der Waals surface area contributed by atoms with Crippen LogP contribution in [0.2, 0.25) is 0 Å². The van der Waals surface area contributed by atoms with E-state index in [0.29, 0.717) is 12.0 Å². The van der Waals surface area contributed by atoms with Gasteiger partial charge in [-0.25, -0.2) is 0 Å². The second-order valence-electron chi connectivity index (χ2n) is 7.67. The van der Waals surface area contributed by atoms with Gasteiger partial charge >= 0.3 is 0 Å². The van der Waals surface area contributed by atoms with E-state index in [1.165, 1.54) is 5.56 Å².